The van der Waals surface area contributed by atoms with Crippen LogP contribution in [0.4, 0.5) is 0 Å². The van der Waals surface area contributed by atoms with E-state index in [0.717, 1.165) is 29.8 Å². The first-order valence-corrected chi connectivity index (χ1v) is 7.06. The Kier molecular flexibility index (Phi) is 2.96. The van der Waals surface area contributed by atoms with Gasteiger partial charge in [0.25, 0.3) is 0 Å². The summed E-state index contributed by atoms with van der Waals surface area (Å²) in [5.41, 5.74) is 3.13. The van der Waals surface area contributed by atoms with Crippen LogP contribution in [0.2, 0.25) is 0 Å². The molecule has 4 nitrogen and oxygen atoms in total. The van der Waals surface area contributed by atoms with Gasteiger partial charge in [0, 0.05) is 17.2 Å². The zero-order chi connectivity index (χ0) is 13.6. The van der Waals surface area contributed by atoms with Gasteiger partial charge in [-0.3, -0.25) is 9.89 Å². The molecule has 0 spiro atoms. The van der Waals surface area contributed by atoms with Gasteiger partial charge in [0.2, 0.25) is 5.91 Å². The van der Waals surface area contributed by atoms with Gasteiger partial charge in [-0.25, -0.2) is 0 Å². The van der Waals surface area contributed by atoms with Crippen LogP contribution in [0.3, 0.4) is 0 Å². The van der Waals surface area contributed by atoms with Crippen molar-refractivity contribution in [3.63, 3.8) is 0 Å². The van der Waals surface area contributed by atoms with E-state index in [0.29, 0.717) is 11.8 Å². The lowest BCUT2D eigenvalue weighted by atomic mass is 9.92. The summed E-state index contributed by atoms with van der Waals surface area (Å²) in [5, 5.41) is 10.3. The maximum Gasteiger partial charge on any atom is 0.224 e. The minimum Gasteiger partial charge on any atom is -0.349 e. The first kappa shape index (κ1) is 12.5. The highest BCUT2D eigenvalue weighted by Crippen LogP contribution is 2.43. The molecule has 1 fully saturated rings. The number of carbonyl (C=O) groups excluding carboxylic acids is 1. The summed E-state index contributed by atoms with van der Waals surface area (Å²) in [6, 6.07) is 0.0226. The number of H-pyrrole nitrogens is 1. The van der Waals surface area contributed by atoms with Crippen molar-refractivity contribution >= 4 is 5.91 Å². The Labute approximate surface area is 113 Å². The molecular formula is C15H21N3O. The summed E-state index contributed by atoms with van der Waals surface area (Å²) in [4.78, 5) is 12.4. The normalized spacial score (nSPS) is 29.7. The SMILES string of the molecule is Cc1n[nH]c(C)c1[C@H](C)NC(=O)[C@@H]1C[C@@H]2C=C[C@H]1C2. The molecule has 0 aromatic carbocycles. The molecule has 1 aromatic heterocycles. The highest BCUT2D eigenvalue weighted by Gasteiger charge is 2.40. The summed E-state index contributed by atoms with van der Waals surface area (Å²) >= 11 is 0. The molecule has 0 saturated heterocycles. The second kappa shape index (κ2) is 4.51. The van der Waals surface area contributed by atoms with E-state index >= 15 is 0 Å². The number of fused-ring (bicyclic) bond motifs is 2. The van der Waals surface area contributed by atoms with Gasteiger partial charge in [0.15, 0.2) is 0 Å². The lowest BCUT2D eigenvalue weighted by molar-refractivity contribution is -0.126. The fraction of sp³-hybridized carbons (Fsp3) is 0.600. The van der Waals surface area contributed by atoms with Crippen molar-refractivity contribution in [3.05, 3.63) is 29.1 Å². The van der Waals surface area contributed by atoms with Gasteiger partial charge in [-0.05, 0) is 45.4 Å². The Balaban J connectivity index is 1.68. The summed E-state index contributed by atoms with van der Waals surface area (Å²) in [6.07, 6.45) is 6.67. The summed E-state index contributed by atoms with van der Waals surface area (Å²) in [7, 11) is 0. The summed E-state index contributed by atoms with van der Waals surface area (Å²) < 4.78 is 0. The predicted molar refractivity (Wildman–Crippen MR) is 73.5 cm³/mol. The highest BCUT2D eigenvalue weighted by molar-refractivity contribution is 5.80. The average molecular weight is 259 g/mol. The molecule has 1 amide bonds. The Morgan fingerprint density at radius 1 is 1.42 bits per heavy atom. The van der Waals surface area contributed by atoms with E-state index in [4.69, 9.17) is 0 Å². The molecule has 0 unspecified atom stereocenters. The third-order valence-corrected chi connectivity index (χ3v) is 4.59. The fourth-order valence-electron chi connectivity index (χ4n) is 3.67. The fourth-order valence-corrected chi connectivity index (χ4v) is 3.67. The average Bonchev–Trinajstić information content (AvgIpc) is 3.05. The molecule has 1 heterocycles. The molecule has 4 heteroatoms. The lowest BCUT2D eigenvalue weighted by Gasteiger charge is -2.21. The molecule has 4 atom stereocenters. The molecule has 2 aliphatic rings. The van der Waals surface area contributed by atoms with Crippen molar-refractivity contribution in [1.82, 2.24) is 15.5 Å². The topological polar surface area (TPSA) is 57.8 Å². The third kappa shape index (κ3) is 2.09. The number of nitrogens with zero attached hydrogens (tertiary/aromatic N) is 1. The Morgan fingerprint density at radius 3 is 2.74 bits per heavy atom. The molecule has 1 saturated carbocycles. The first-order chi connectivity index (χ1) is 9.06. The van der Waals surface area contributed by atoms with Gasteiger partial charge in [-0.2, -0.15) is 5.10 Å². The van der Waals surface area contributed by atoms with Gasteiger partial charge < -0.3 is 5.32 Å². The lowest BCUT2D eigenvalue weighted by Crippen LogP contribution is -2.35. The minimum absolute atomic E-state index is 0.0226. The van der Waals surface area contributed by atoms with E-state index in [1.165, 1.54) is 0 Å². The second-order valence-corrected chi connectivity index (χ2v) is 5.96. The van der Waals surface area contributed by atoms with E-state index in [2.05, 4.69) is 27.7 Å². The number of aromatic nitrogens is 2. The molecule has 1 aromatic rings. The largest absolute Gasteiger partial charge is 0.349 e. The number of allylic oxidation sites excluding steroid dienone is 2. The van der Waals surface area contributed by atoms with Crippen LogP contribution < -0.4 is 5.32 Å². The first-order valence-electron chi connectivity index (χ1n) is 7.06. The Bertz CT molecular complexity index is 512. The number of aromatic amines is 1. The number of carbonyl (C=O) groups is 1. The summed E-state index contributed by atoms with van der Waals surface area (Å²) in [5.74, 6) is 1.46. The van der Waals surface area contributed by atoms with Crippen LogP contribution in [-0.2, 0) is 4.79 Å². The molecule has 102 valence electrons. The van der Waals surface area contributed by atoms with Gasteiger partial charge in [0.1, 0.15) is 0 Å². The quantitative estimate of drug-likeness (QED) is 0.819. The molecule has 2 bridgehead atoms. The zero-order valence-corrected chi connectivity index (χ0v) is 11.7. The van der Waals surface area contributed by atoms with Crippen molar-refractivity contribution in [1.29, 1.82) is 0 Å². The third-order valence-electron chi connectivity index (χ3n) is 4.59. The number of hydrogen-bond donors (Lipinski definition) is 2. The van der Waals surface area contributed by atoms with Crippen molar-refractivity contribution in [3.8, 4) is 0 Å². The van der Waals surface area contributed by atoms with Crippen molar-refractivity contribution < 1.29 is 4.79 Å². The second-order valence-electron chi connectivity index (χ2n) is 5.96. The van der Waals surface area contributed by atoms with Crippen molar-refractivity contribution in [2.45, 2.75) is 39.7 Å². The molecule has 3 rings (SSSR count). The molecule has 2 N–H and O–H groups in total. The van der Waals surface area contributed by atoms with Gasteiger partial charge in [-0.1, -0.05) is 12.2 Å². The predicted octanol–water partition coefficient (Wildman–Crippen LogP) is 2.42. The van der Waals surface area contributed by atoms with E-state index in [-0.39, 0.29) is 17.9 Å². The number of aryl methyl sites for hydroxylation is 2. The van der Waals surface area contributed by atoms with Crippen molar-refractivity contribution in [2.24, 2.45) is 17.8 Å². The smallest absolute Gasteiger partial charge is 0.224 e. The van der Waals surface area contributed by atoms with Crippen LogP contribution >= 0.6 is 0 Å². The molecule has 19 heavy (non-hydrogen) atoms. The Hall–Kier alpha value is -1.58. The van der Waals surface area contributed by atoms with Crippen molar-refractivity contribution in [2.75, 3.05) is 0 Å². The highest BCUT2D eigenvalue weighted by atomic mass is 16.2. The number of rotatable bonds is 3. The number of hydrogen-bond acceptors (Lipinski definition) is 2. The number of amides is 1. The van der Waals surface area contributed by atoms with Crippen LogP contribution in [0.5, 0.6) is 0 Å². The monoisotopic (exact) mass is 259 g/mol. The molecular weight excluding hydrogens is 238 g/mol. The number of nitrogens with one attached hydrogen (secondary N) is 2. The molecule has 0 radical (unpaired) electrons. The summed E-state index contributed by atoms with van der Waals surface area (Å²) in [6.45, 7) is 6.01. The van der Waals surface area contributed by atoms with E-state index < -0.39 is 0 Å². The maximum absolute atomic E-state index is 12.4. The van der Waals surface area contributed by atoms with Crippen LogP contribution in [0.1, 0.15) is 42.8 Å². The van der Waals surface area contributed by atoms with Crippen LogP contribution in [0.25, 0.3) is 0 Å². The van der Waals surface area contributed by atoms with Gasteiger partial charge >= 0.3 is 0 Å². The van der Waals surface area contributed by atoms with E-state index in [1.54, 1.807) is 0 Å². The molecule has 0 aliphatic heterocycles. The van der Waals surface area contributed by atoms with E-state index in [9.17, 15) is 4.79 Å². The standard InChI is InChI=1S/C15H21N3O/c1-8(14-9(2)17-18-10(14)3)16-15(19)13-7-11-4-5-12(13)6-11/h4-5,8,11-13H,6-7H2,1-3H3,(H,16,19)(H,17,18)/t8-,11+,12-,13+/m0/s1. The van der Waals surface area contributed by atoms with Crippen LogP contribution in [0.15, 0.2) is 12.2 Å². The van der Waals surface area contributed by atoms with Gasteiger partial charge in [-0.15, -0.1) is 0 Å². The van der Waals surface area contributed by atoms with Crippen LogP contribution in [0, 0.1) is 31.6 Å². The van der Waals surface area contributed by atoms with Gasteiger partial charge in [0.05, 0.1) is 11.7 Å². The Morgan fingerprint density at radius 2 is 2.21 bits per heavy atom. The minimum atomic E-state index is 0.0226. The zero-order valence-electron chi connectivity index (χ0n) is 11.7. The molecule has 2 aliphatic carbocycles. The van der Waals surface area contributed by atoms with E-state index in [1.807, 2.05) is 20.8 Å². The van der Waals surface area contributed by atoms with Crippen LogP contribution in [-0.4, -0.2) is 16.1 Å². The maximum atomic E-state index is 12.4.